The number of hydrogen-bond acceptors (Lipinski definition) is 4. The zero-order chi connectivity index (χ0) is 24.5. The van der Waals surface area contributed by atoms with Crippen molar-refractivity contribution < 1.29 is 21.6 Å². The topological polar surface area (TPSA) is 69.3 Å². The fraction of sp³-hybridized carbons (Fsp3) is 0.375. The van der Waals surface area contributed by atoms with Gasteiger partial charge in [0.1, 0.15) is 5.82 Å². The Bertz CT molecular complexity index is 1240. The lowest BCUT2D eigenvalue weighted by Gasteiger charge is -2.34. The number of hydrogen-bond donors (Lipinski definition) is 1. The van der Waals surface area contributed by atoms with E-state index in [0.29, 0.717) is 29.3 Å². The summed E-state index contributed by atoms with van der Waals surface area (Å²) in [5, 5.41) is 0. The molecule has 0 fully saturated rings. The molecule has 34 heavy (non-hydrogen) atoms. The van der Waals surface area contributed by atoms with Crippen molar-refractivity contribution in [3.63, 3.8) is 0 Å². The molecule has 3 aromatic rings. The number of rotatable bonds is 6. The van der Waals surface area contributed by atoms with Gasteiger partial charge in [-0.25, -0.2) is 13.4 Å². The fourth-order valence-electron chi connectivity index (χ4n) is 4.44. The summed E-state index contributed by atoms with van der Waals surface area (Å²) >= 11 is 0. The van der Waals surface area contributed by atoms with Gasteiger partial charge in [-0.1, -0.05) is 42.5 Å². The number of aryl methyl sites for hydroxylation is 3. The Morgan fingerprint density at radius 1 is 1.09 bits per heavy atom. The Hall–Kier alpha value is -2.85. The molecule has 1 aromatic heterocycles. The van der Waals surface area contributed by atoms with Crippen LogP contribution in [0.2, 0.25) is 0 Å². The van der Waals surface area contributed by atoms with E-state index in [0.717, 1.165) is 28.3 Å². The minimum Gasteiger partial charge on any atom is -0.361 e. The number of benzene rings is 2. The van der Waals surface area contributed by atoms with E-state index in [-0.39, 0.29) is 13.1 Å². The van der Waals surface area contributed by atoms with Crippen molar-refractivity contribution in [1.82, 2.24) is 14.3 Å². The molecule has 1 atom stereocenters. The number of imidazole rings is 1. The number of halogens is 3. The average Bonchev–Trinajstić information content (AvgIpc) is 3.12. The summed E-state index contributed by atoms with van der Waals surface area (Å²) in [6.07, 6.45) is 2.79. The smallest absolute Gasteiger partial charge is 0.361 e. The molecule has 0 amide bonds. The highest BCUT2D eigenvalue weighted by atomic mass is 32.2. The molecule has 0 radical (unpaired) electrons. The Balaban J connectivity index is 1.78. The van der Waals surface area contributed by atoms with Crippen LogP contribution in [0.1, 0.15) is 34.6 Å². The molecule has 6 nitrogen and oxygen atoms in total. The number of nitrogens with one attached hydrogen (secondary N) is 1. The van der Waals surface area contributed by atoms with Crippen molar-refractivity contribution in [3.05, 3.63) is 82.9 Å². The second-order valence-corrected chi connectivity index (χ2v) is 10.5. The fourth-order valence-corrected chi connectivity index (χ4v) is 5.40. The van der Waals surface area contributed by atoms with Gasteiger partial charge in [-0.05, 0) is 49.4 Å². The lowest BCUT2D eigenvalue weighted by Crippen LogP contribution is -2.47. The molecule has 2 heterocycles. The third-order valence-corrected chi connectivity index (χ3v) is 7.77. The van der Waals surface area contributed by atoms with E-state index in [1.807, 2.05) is 54.3 Å². The molecule has 2 aromatic carbocycles. The van der Waals surface area contributed by atoms with E-state index in [4.69, 9.17) is 0 Å². The Morgan fingerprint density at radius 3 is 2.47 bits per heavy atom. The Morgan fingerprint density at radius 2 is 1.82 bits per heavy atom. The molecule has 1 aliphatic heterocycles. The van der Waals surface area contributed by atoms with E-state index >= 15 is 0 Å². The summed E-state index contributed by atoms with van der Waals surface area (Å²) in [5.41, 5.74) is -1.45. The van der Waals surface area contributed by atoms with Crippen LogP contribution >= 0.6 is 0 Å². The van der Waals surface area contributed by atoms with Crippen LogP contribution in [0.15, 0.2) is 54.7 Å². The number of fused-ring (bicyclic) bond motifs is 1. The van der Waals surface area contributed by atoms with Crippen molar-refractivity contribution in [2.75, 3.05) is 11.4 Å². The van der Waals surface area contributed by atoms with Crippen molar-refractivity contribution in [2.45, 2.75) is 51.3 Å². The number of H-pyrrole nitrogens is 1. The molecule has 0 saturated carbocycles. The zero-order valence-electron chi connectivity index (χ0n) is 19.0. The molecule has 1 aliphatic rings. The number of sulfonamides is 1. The van der Waals surface area contributed by atoms with Crippen molar-refractivity contribution in [2.24, 2.45) is 0 Å². The summed E-state index contributed by atoms with van der Waals surface area (Å²) in [6.45, 7) is 3.39. The van der Waals surface area contributed by atoms with Gasteiger partial charge in [-0.3, -0.25) is 0 Å². The third kappa shape index (κ3) is 4.97. The normalized spacial score (nSPS) is 17.4. The van der Waals surface area contributed by atoms with Gasteiger partial charge in [-0.2, -0.15) is 17.5 Å². The molecule has 0 aliphatic carbocycles. The lowest BCUT2D eigenvalue weighted by molar-refractivity contribution is -0.0492. The first-order chi connectivity index (χ1) is 16.1. The first-order valence-corrected chi connectivity index (χ1v) is 12.5. The second-order valence-electron chi connectivity index (χ2n) is 8.62. The minimum atomic E-state index is -5.50. The maximum atomic E-state index is 13.6. The van der Waals surface area contributed by atoms with Crippen LogP contribution in [0.4, 0.5) is 18.9 Å². The van der Waals surface area contributed by atoms with E-state index in [2.05, 4.69) is 9.97 Å². The molecule has 0 bridgehead atoms. The van der Waals surface area contributed by atoms with E-state index in [1.165, 1.54) is 0 Å². The number of nitrogens with zero attached hydrogens (tertiary/aromatic N) is 3. The van der Waals surface area contributed by atoms with Gasteiger partial charge in [0.2, 0.25) is 0 Å². The van der Waals surface area contributed by atoms with Crippen LogP contribution < -0.4 is 4.90 Å². The summed E-state index contributed by atoms with van der Waals surface area (Å²) < 4.78 is 66.4. The number of aromatic amines is 1. The predicted molar refractivity (Wildman–Crippen MR) is 125 cm³/mol. The molecule has 0 saturated heterocycles. The number of anilines is 1. The summed E-state index contributed by atoms with van der Waals surface area (Å²) in [7, 11) is -5.50. The first-order valence-electron chi connectivity index (χ1n) is 11.0. The van der Waals surface area contributed by atoms with Crippen LogP contribution in [-0.2, 0) is 29.5 Å². The van der Waals surface area contributed by atoms with Gasteiger partial charge in [0.15, 0.2) is 0 Å². The Labute approximate surface area is 197 Å². The molecule has 1 N–H and O–H groups in total. The lowest BCUT2D eigenvalue weighted by atomic mass is 10.0. The first kappa shape index (κ1) is 24.3. The van der Waals surface area contributed by atoms with E-state index in [1.54, 1.807) is 19.2 Å². The summed E-state index contributed by atoms with van der Waals surface area (Å²) in [6, 6.07) is 14.7. The van der Waals surface area contributed by atoms with Crippen LogP contribution in [0.5, 0.6) is 0 Å². The van der Waals surface area contributed by atoms with E-state index < -0.39 is 21.6 Å². The van der Waals surface area contributed by atoms with Crippen LogP contribution in [0.25, 0.3) is 0 Å². The van der Waals surface area contributed by atoms with Crippen LogP contribution in [0.3, 0.4) is 0 Å². The minimum absolute atomic E-state index is 0.268. The van der Waals surface area contributed by atoms with Crippen molar-refractivity contribution >= 4 is 15.7 Å². The largest absolute Gasteiger partial charge is 0.511 e. The molecule has 0 spiro atoms. The standard InChI is InChI=1S/C24H27F3N4O2S/c1-17-7-6-10-23-22(17)16-30(34(32,33)24(25,26)27)15-21(12-11-19-8-4-3-5-9-19)31(23)14-20-13-28-18(2)29-20/h3-10,13,21H,11-12,14-16H2,1-2H3,(H,28,29)/t21-/m0/s1. The van der Waals surface area contributed by atoms with Gasteiger partial charge in [0.05, 0.1) is 18.4 Å². The third-order valence-electron chi connectivity index (χ3n) is 6.22. The predicted octanol–water partition coefficient (Wildman–Crippen LogP) is 4.70. The molecular weight excluding hydrogens is 465 g/mol. The van der Waals surface area contributed by atoms with Crippen molar-refractivity contribution in [3.8, 4) is 0 Å². The highest BCUT2D eigenvalue weighted by molar-refractivity contribution is 7.89. The molecule has 0 unspecified atom stereocenters. The molecule has 4 rings (SSSR count). The monoisotopic (exact) mass is 492 g/mol. The van der Waals surface area contributed by atoms with Gasteiger partial charge < -0.3 is 9.88 Å². The summed E-state index contributed by atoms with van der Waals surface area (Å²) in [5.74, 6) is 0.733. The van der Waals surface area contributed by atoms with Gasteiger partial charge in [-0.15, -0.1) is 0 Å². The number of aromatic nitrogens is 2. The highest BCUT2D eigenvalue weighted by Gasteiger charge is 2.51. The van der Waals surface area contributed by atoms with Gasteiger partial charge >= 0.3 is 15.5 Å². The van der Waals surface area contributed by atoms with Crippen molar-refractivity contribution in [1.29, 1.82) is 0 Å². The highest BCUT2D eigenvalue weighted by Crippen LogP contribution is 2.37. The van der Waals surface area contributed by atoms with E-state index in [9.17, 15) is 21.6 Å². The van der Waals surface area contributed by atoms with Gasteiger partial charge in [0.25, 0.3) is 0 Å². The zero-order valence-corrected chi connectivity index (χ0v) is 19.8. The SMILES string of the molecule is Cc1ncc(CN2c3cccc(C)c3CN(S(=O)(=O)C(F)(F)F)C[C@@H]2CCc2ccccc2)[nH]1. The van der Waals surface area contributed by atoms with Crippen LogP contribution in [0, 0.1) is 13.8 Å². The maximum absolute atomic E-state index is 13.6. The molecule has 10 heteroatoms. The summed E-state index contributed by atoms with van der Waals surface area (Å²) in [4.78, 5) is 9.45. The molecule has 182 valence electrons. The quantitative estimate of drug-likeness (QED) is 0.542. The average molecular weight is 493 g/mol. The van der Waals surface area contributed by atoms with Gasteiger partial charge in [0, 0.05) is 24.8 Å². The number of alkyl halides is 3. The maximum Gasteiger partial charge on any atom is 0.511 e. The molecular formula is C24H27F3N4O2S. The Kier molecular flexibility index (Phi) is 6.73. The second kappa shape index (κ2) is 9.42. The van der Waals surface area contributed by atoms with Crippen LogP contribution in [-0.4, -0.2) is 40.8 Å².